The van der Waals surface area contributed by atoms with E-state index in [0.29, 0.717) is 0 Å². The van der Waals surface area contributed by atoms with E-state index in [9.17, 15) is 4.79 Å². The molecule has 1 aromatic carbocycles. The molecular formula is C20H25N3OS2. The van der Waals surface area contributed by atoms with Gasteiger partial charge in [-0.1, -0.05) is 24.6 Å². The summed E-state index contributed by atoms with van der Waals surface area (Å²) in [6.45, 7) is 7.61. The van der Waals surface area contributed by atoms with E-state index in [0.717, 1.165) is 42.8 Å². The van der Waals surface area contributed by atoms with Crippen LogP contribution in [-0.4, -0.2) is 34.1 Å². The standard InChI is InChI=1S/C20H25N3OS2/c1-13-5-7-23(8-6-13)11-16-12-25-20(21-16)22-19(24)18-10-15-4-3-14(2)9-17(15)26-18/h3-4,9,12-13,18H,5-8,10-11H2,1-2H3,(H,21,22,24). The van der Waals surface area contributed by atoms with Gasteiger partial charge in [-0.3, -0.25) is 9.69 Å². The number of carbonyl (C=O) groups is 1. The molecule has 0 spiro atoms. The highest BCUT2D eigenvalue weighted by atomic mass is 32.2. The number of thiazole rings is 1. The average Bonchev–Trinajstić information content (AvgIpc) is 3.23. The van der Waals surface area contributed by atoms with Crippen molar-refractivity contribution in [3.63, 3.8) is 0 Å². The second kappa shape index (κ2) is 7.71. The molecule has 1 saturated heterocycles. The third-order valence-corrected chi connectivity index (χ3v) is 7.34. The zero-order chi connectivity index (χ0) is 18.1. The molecule has 1 N–H and O–H groups in total. The van der Waals surface area contributed by atoms with Crippen molar-refractivity contribution in [3.8, 4) is 0 Å². The monoisotopic (exact) mass is 387 g/mol. The SMILES string of the molecule is Cc1ccc2c(c1)SC(C(=O)Nc1nc(CN3CCC(C)CC3)cs1)C2. The summed E-state index contributed by atoms with van der Waals surface area (Å²) in [7, 11) is 0. The highest BCUT2D eigenvalue weighted by Gasteiger charge is 2.29. The Kier molecular flexibility index (Phi) is 5.34. The Morgan fingerprint density at radius 3 is 2.96 bits per heavy atom. The van der Waals surface area contributed by atoms with Crippen molar-refractivity contribution in [1.29, 1.82) is 0 Å². The maximum atomic E-state index is 12.6. The van der Waals surface area contributed by atoms with Crippen LogP contribution >= 0.6 is 23.1 Å². The highest BCUT2D eigenvalue weighted by Crippen LogP contribution is 2.38. The first-order valence-corrected chi connectivity index (χ1v) is 11.1. The molecule has 0 radical (unpaired) electrons. The Morgan fingerprint density at radius 2 is 2.15 bits per heavy atom. The molecule has 3 heterocycles. The summed E-state index contributed by atoms with van der Waals surface area (Å²) < 4.78 is 0. The van der Waals surface area contributed by atoms with Gasteiger partial charge in [0, 0.05) is 16.8 Å². The molecule has 2 aliphatic heterocycles. The summed E-state index contributed by atoms with van der Waals surface area (Å²) in [5.41, 5.74) is 3.59. The van der Waals surface area contributed by atoms with Crippen molar-refractivity contribution < 1.29 is 4.79 Å². The average molecular weight is 388 g/mol. The number of thioether (sulfide) groups is 1. The van der Waals surface area contributed by atoms with Crippen LogP contribution in [-0.2, 0) is 17.8 Å². The number of aromatic nitrogens is 1. The van der Waals surface area contributed by atoms with E-state index >= 15 is 0 Å². The zero-order valence-electron chi connectivity index (χ0n) is 15.3. The molecule has 26 heavy (non-hydrogen) atoms. The van der Waals surface area contributed by atoms with E-state index in [2.05, 4.69) is 52.6 Å². The van der Waals surface area contributed by atoms with Gasteiger partial charge in [-0.25, -0.2) is 4.98 Å². The first-order chi connectivity index (χ1) is 12.6. The van der Waals surface area contributed by atoms with Crippen LogP contribution < -0.4 is 5.32 Å². The van der Waals surface area contributed by atoms with Gasteiger partial charge in [0.15, 0.2) is 5.13 Å². The van der Waals surface area contributed by atoms with Crippen LogP contribution in [0.25, 0.3) is 0 Å². The molecule has 1 fully saturated rings. The number of carbonyl (C=O) groups excluding carboxylic acids is 1. The summed E-state index contributed by atoms with van der Waals surface area (Å²) in [5, 5.41) is 5.78. The molecule has 6 heteroatoms. The first-order valence-electron chi connectivity index (χ1n) is 9.30. The van der Waals surface area contributed by atoms with E-state index in [1.165, 1.54) is 40.2 Å². The maximum Gasteiger partial charge on any atom is 0.239 e. The van der Waals surface area contributed by atoms with E-state index in [1.54, 1.807) is 11.8 Å². The zero-order valence-corrected chi connectivity index (χ0v) is 17.0. The Balaban J connectivity index is 1.32. The first kappa shape index (κ1) is 18.0. The number of anilines is 1. The minimum absolute atomic E-state index is 0.0530. The quantitative estimate of drug-likeness (QED) is 0.848. The van der Waals surface area contributed by atoms with Crippen LogP contribution in [0.5, 0.6) is 0 Å². The van der Waals surface area contributed by atoms with Gasteiger partial charge in [0.25, 0.3) is 0 Å². The van der Waals surface area contributed by atoms with Gasteiger partial charge >= 0.3 is 0 Å². The Hall–Kier alpha value is -1.37. The number of hydrogen-bond acceptors (Lipinski definition) is 5. The summed E-state index contributed by atoms with van der Waals surface area (Å²) in [6, 6.07) is 6.44. The predicted molar refractivity (Wildman–Crippen MR) is 109 cm³/mol. The number of fused-ring (bicyclic) bond motifs is 1. The molecule has 1 aromatic heterocycles. The Bertz CT molecular complexity index is 796. The van der Waals surface area contributed by atoms with Crippen molar-refractivity contribution in [1.82, 2.24) is 9.88 Å². The van der Waals surface area contributed by atoms with Crippen molar-refractivity contribution in [3.05, 3.63) is 40.4 Å². The van der Waals surface area contributed by atoms with Crippen molar-refractivity contribution in [2.24, 2.45) is 5.92 Å². The van der Waals surface area contributed by atoms with Crippen LogP contribution in [0.3, 0.4) is 0 Å². The largest absolute Gasteiger partial charge is 0.301 e. The van der Waals surface area contributed by atoms with Crippen molar-refractivity contribution in [2.75, 3.05) is 18.4 Å². The van der Waals surface area contributed by atoms with Crippen LogP contribution in [0.2, 0.25) is 0 Å². The second-order valence-corrected chi connectivity index (χ2v) is 9.62. The number of rotatable bonds is 4. The van der Waals surface area contributed by atoms with Crippen LogP contribution in [0, 0.1) is 12.8 Å². The summed E-state index contributed by atoms with van der Waals surface area (Å²) >= 11 is 3.20. The normalized spacial score (nSPS) is 20.9. The number of amides is 1. The van der Waals surface area contributed by atoms with Crippen LogP contribution in [0.15, 0.2) is 28.5 Å². The van der Waals surface area contributed by atoms with E-state index in [4.69, 9.17) is 0 Å². The number of benzene rings is 1. The summed E-state index contributed by atoms with van der Waals surface area (Å²) in [4.78, 5) is 21.0. The van der Waals surface area contributed by atoms with Gasteiger partial charge in [0.2, 0.25) is 5.91 Å². The molecular weight excluding hydrogens is 362 g/mol. The second-order valence-electron chi connectivity index (χ2n) is 7.51. The fourth-order valence-electron chi connectivity index (χ4n) is 3.55. The molecule has 138 valence electrons. The lowest BCUT2D eigenvalue weighted by Gasteiger charge is -2.29. The third-order valence-electron chi connectivity index (χ3n) is 5.23. The molecule has 1 atom stereocenters. The third kappa shape index (κ3) is 4.13. The number of likely N-dealkylation sites (tertiary alicyclic amines) is 1. The van der Waals surface area contributed by atoms with Gasteiger partial charge in [0.1, 0.15) is 0 Å². The summed E-state index contributed by atoms with van der Waals surface area (Å²) in [5.74, 6) is 0.907. The molecule has 4 rings (SSSR count). The number of nitrogens with one attached hydrogen (secondary N) is 1. The van der Waals surface area contributed by atoms with Crippen LogP contribution in [0.1, 0.15) is 36.6 Å². The molecule has 2 aliphatic rings. The lowest BCUT2D eigenvalue weighted by molar-refractivity contribution is -0.115. The fourth-order valence-corrected chi connectivity index (χ4v) is 5.55. The Labute approximate surface area is 163 Å². The van der Waals surface area contributed by atoms with E-state index in [1.807, 2.05) is 0 Å². The van der Waals surface area contributed by atoms with Gasteiger partial charge < -0.3 is 5.32 Å². The number of hydrogen-bond donors (Lipinski definition) is 1. The maximum absolute atomic E-state index is 12.6. The van der Waals surface area contributed by atoms with Gasteiger partial charge in [-0.2, -0.15) is 0 Å². The highest BCUT2D eigenvalue weighted by molar-refractivity contribution is 8.01. The van der Waals surface area contributed by atoms with Crippen molar-refractivity contribution >= 4 is 34.1 Å². The minimum atomic E-state index is -0.0530. The van der Waals surface area contributed by atoms with E-state index < -0.39 is 0 Å². The molecule has 0 saturated carbocycles. The molecule has 0 bridgehead atoms. The van der Waals surface area contributed by atoms with Gasteiger partial charge in [-0.05, 0) is 56.8 Å². The fraction of sp³-hybridized carbons (Fsp3) is 0.500. The Morgan fingerprint density at radius 1 is 1.35 bits per heavy atom. The van der Waals surface area contributed by atoms with E-state index in [-0.39, 0.29) is 11.2 Å². The molecule has 4 nitrogen and oxygen atoms in total. The van der Waals surface area contributed by atoms with Crippen LogP contribution in [0.4, 0.5) is 5.13 Å². The lowest BCUT2D eigenvalue weighted by Crippen LogP contribution is -2.32. The minimum Gasteiger partial charge on any atom is -0.301 e. The van der Waals surface area contributed by atoms with Gasteiger partial charge in [0.05, 0.1) is 10.9 Å². The van der Waals surface area contributed by atoms with Crippen molar-refractivity contribution in [2.45, 2.75) is 49.8 Å². The molecule has 1 amide bonds. The number of piperidine rings is 1. The number of nitrogens with zero attached hydrogens (tertiary/aromatic N) is 2. The number of aryl methyl sites for hydroxylation is 1. The van der Waals surface area contributed by atoms with Gasteiger partial charge in [-0.15, -0.1) is 23.1 Å². The predicted octanol–water partition coefficient (Wildman–Crippen LogP) is 4.34. The molecule has 2 aromatic rings. The topological polar surface area (TPSA) is 45.2 Å². The molecule has 0 aliphatic carbocycles. The smallest absolute Gasteiger partial charge is 0.239 e. The lowest BCUT2D eigenvalue weighted by atomic mass is 9.99. The summed E-state index contributed by atoms with van der Waals surface area (Å²) in [6.07, 6.45) is 3.34. The molecule has 1 unspecified atom stereocenters.